The molecule has 6 nitrogen and oxygen atoms in total. The molecule has 1 heterocycles. The van der Waals surface area contributed by atoms with Crippen LogP contribution in [0.15, 0.2) is 24.3 Å². The maximum absolute atomic E-state index is 12.6. The van der Waals surface area contributed by atoms with E-state index in [1.54, 1.807) is 18.9 Å². The van der Waals surface area contributed by atoms with Crippen LogP contribution in [0.25, 0.3) is 0 Å². The van der Waals surface area contributed by atoms with Gasteiger partial charge in [-0.05, 0) is 43.9 Å². The van der Waals surface area contributed by atoms with E-state index < -0.39 is 6.04 Å². The highest BCUT2D eigenvalue weighted by atomic mass is 16.5. The smallest absolute Gasteiger partial charge is 0.242 e. The predicted molar refractivity (Wildman–Crippen MR) is 99.9 cm³/mol. The van der Waals surface area contributed by atoms with Gasteiger partial charge in [-0.3, -0.25) is 9.59 Å². The second kappa shape index (κ2) is 10.2. The fourth-order valence-corrected chi connectivity index (χ4v) is 3.04. The van der Waals surface area contributed by atoms with Gasteiger partial charge in [-0.2, -0.15) is 0 Å². The predicted octanol–water partition coefficient (Wildman–Crippen LogP) is 2.51. The Labute approximate surface area is 155 Å². The quantitative estimate of drug-likeness (QED) is 0.733. The van der Waals surface area contributed by atoms with Crippen LogP contribution in [0.3, 0.4) is 0 Å². The Bertz CT molecular complexity index is 582. The largest absolute Gasteiger partial charge is 0.497 e. The molecule has 6 heteroatoms. The Balaban J connectivity index is 2.01. The lowest BCUT2D eigenvalue weighted by Gasteiger charge is -2.29. The van der Waals surface area contributed by atoms with Crippen LogP contribution in [0.5, 0.6) is 5.75 Å². The second-order valence-corrected chi connectivity index (χ2v) is 6.68. The molecular weight excluding hydrogens is 332 g/mol. The molecule has 1 aliphatic heterocycles. The molecule has 0 aliphatic carbocycles. The van der Waals surface area contributed by atoms with Gasteiger partial charge in [0, 0.05) is 26.1 Å². The normalized spacial score (nSPS) is 17.6. The summed E-state index contributed by atoms with van der Waals surface area (Å²) in [7, 11) is 1.62. The number of nitrogens with one attached hydrogen (secondary N) is 1. The molecule has 1 aromatic carbocycles. The number of benzene rings is 1. The van der Waals surface area contributed by atoms with Gasteiger partial charge in [0.05, 0.1) is 13.2 Å². The molecule has 1 saturated heterocycles. The molecular formula is C20H30N2O4. The number of carbonyl (C=O) groups is 2. The third kappa shape index (κ3) is 5.73. The highest BCUT2D eigenvalue weighted by Crippen LogP contribution is 2.16. The van der Waals surface area contributed by atoms with Crippen molar-refractivity contribution in [2.24, 2.45) is 0 Å². The van der Waals surface area contributed by atoms with Crippen LogP contribution in [-0.2, 0) is 20.9 Å². The van der Waals surface area contributed by atoms with E-state index in [0.29, 0.717) is 19.5 Å². The topological polar surface area (TPSA) is 67.9 Å². The molecule has 2 rings (SSSR count). The van der Waals surface area contributed by atoms with Crippen molar-refractivity contribution in [3.8, 4) is 5.75 Å². The molecule has 1 aromatic rings. The van der Waals surface area contributed by atoms with E-state index >= 15 is 0 Å². The molecule has 1 aliphatic rings. The Hall–Kier alpha value is -2.08. The van der Waals surface area contributed by atoms with Crippen molar-refractivity contribution in [1.29, 1.82) is 0 Å². The summed E-state index contributed by atoms with van der Waals surface area (Å²) in [5.41, 5.74) is 0.967. The molecule has 0 spiro atoms. The summed E-state index contributed by atoms with van der Waals surface area (Å²) in [6, 6.07) is 7.03. The van der Waals surface area contributed by atoms with E-state index in [4.69, 9.17) is 9.47 Å². The van der Waals surface area contributed by atoms with Gasteiger partial charge in [0.1, 0.15) is 11.8 Å². The summed E-state index contributed by atoms with van der Waals surface area (Å²) >= 11 is 0. The average Bonchev–Trinajstić information content (AvgIpc) is 3.18. The number of methoxy groups -OCH3 is 1. The zero-order chi connectivity index (χ0) is 18.9. The fourth-order valence-electron chi connectivity index (χ4n) is 3.04. The van der Waals surface area contributed by atoms with Gasteiger partial charge >= 0.3 is 0 Å². The number of carbonyl (C=O) groups excluding carboxylic acids is 2. The number of amides is 2. The average molecular weight is 362 g/mol. The van der Waals surface area contributed by atoms with E-state index in [0.717, 1.165) is 37.2 Å². The Kier molecular flexibility index (Phi) is 7.91. The summed E-state index contributed by atoms with van der Waals surface area (Å²) in [6.45, 7) is 5.40. The van der Waals surface area contributed by atoms with Crippen molar-refractivity contribution in [3.63, 3.8) is 0 Å². The minimum atomic E-state index is -0.530. The number of hydrogen-bond acceptors (Lipinski definition) is 4. The molecule has 2 atom stereocenters. The number of hydrogen-bond donors (Lipinski definition) is 1. The van der Waals surface area contributed by atoms with Crippen LogP contribution in [0.1, 0.15) is 45.1 Å². The molecule has 0 unspecified atom stereocenters. The van der Waals surface area contributed by atoms with Crippen LogP contribution in [0, 0.1) is 0 Å². The Morgan fingerprint density at radius 2 is 2.08 bits per heavy atom. The number of rotatable bonds is 9. The van der Waals surface area contributed by atoms with Crippen LogP contribution in [0.4, 0.5) is 0 Å². The lowest BCUT2D eigenvalue weighted by atomic mass is 10.1. The first-order chi connectivity index (χ1) is 12.5. The zero-order valence-electron chi connectivity index (χ0n) is 16.0. The van der Waals surface area contributed by atoms with Gasteiger partial charge in [-0.15, -0.1) is 0 Å². The summed E-state index contributed by atoms with van der Waals surface area (Å²) in [5, 5.41) is 2.93. The molecule has 0 bridgehead atoms. The van der Waals surface area contributed by atoms with Crippen molar-refractivity contribution >= 4 is 11.8 Å². The van der Waals surface area contributed by atoms with Crippen molar-refractivity contribution in [2.75, 3.05) is 20.3 Å². The van der Waals surface area contributed by atoms with Gasteiger partial charge in [0.25, 0.3) is 0 Å². The lowest BCUT2D eigenvalue weighted by Crippen LogP contribution is -2.48. The third-order valence-electron chi connectivity index (χ3n) is 4.67. The van der Waals surface area contributed by atoms with Crippen molar-refractivity contribution in [3.05, 3.63) is 29.8 Å². The van der Waals surface area contributed by atoms with E-state index in [9.17, 15) is 9.59 Å². The molecule has 0 radical (unpaired) electrons. The van der Waals surface area contributed by atoms with Crippen LogP contribution >= 0.6 is 0 Å². The van der Waals surface area contributed by atoms with E-state index in [2.05, 4.69) is 5.32 Å². The molecule has 2 amide bonds. The van der Waals surface area contributed by atoms with Gasteiger partial charge in [0.15, 0.2) is 0 Å². The van der Waals surface area contributed by atoms with Crippen molar-refractivity contribution in [1.82, 2.24) is 10.2 Å². The first-order valence-electron chi connectivity index (χ1n) is 9.36. The van der Waals surface area contributed by atoms with E-state index in [1.807, 2.05) is 31.2 Å². The van der Waals surface area contributed by atoms with Crippen LogP contribution in [-0.4, -0.2) is 49.1 Å². The van der Waals surface area contributed by atoms with Gasteiger partial charge < -0.3 is 19.7 Å². The first-order valence-corrected chi connectivity index (χ1v) is 9.36. The van der Waals surface area contributed by atoms with Crippen LogP contribution < -0.4 is 10.1 Å². The first kappa shape index (κ1) is 20.2. The highest BCUT2D eigenvalue weighted by Gasteiger charge is 2.26. The molecule has 144 valence electrons. The summed E-state index contributed by atoms with van der Waals surface area (Å²) in [6.07, 6.45) is 3.28. The second-order valence-electron chi connectivity index (χ2n) is 6.68. The third-order valence-corrected chi connectivity index (χ3v) is 4.67. The summed E-state index contributed by atoms with van der Waals surface area (Å²) in [5.74, 6) is 0.615. The molecule has 1 fully saturated rings. The SMILES string of the molecule is CCCC(=O)N(Cc1ccc(OC)cc1)[C@H](C)C(=O)NC[C@H]1CCCO1. The maximum Gasteiger partial charge on any atom is 0.242 e. The molecule has 0 saturated carbocycles. The summed E-state index contributed by atoms with van der Waals surface area (Å²) in [4.78, 5) is 26.8. The monoisotopic (exact) mass is 362 g/mol. The Morgan fingerprint density at radius 3 is 2.65 bits per heavy atom. The lowest BCUT2D eigenvalue weighted by molar-refractivity contribution is -0.140. The maximum atomic E-state index is 12.6. The van der Waals surface area contributed by atoms with Crippen LogP contribution in [0.2, 0.25) is 0 Å². The standard InChI is InChI=1S/C20H30N2O4/c1-4-6-19(23)22(14-16-8-10-17(25-3)11-9-16)15(2)20(24)21-13-18-7-5-12-26-18/h8-11,15,18H,4-7,12-14H2,1-3H3,(H,21,24)/t15-,18-/m1/s1. The molecule has 1 N–H and O–H groups in total. The fraction of sp³-hybridized carbons (Fsp3) is 0.600. The van der Waals surface area contributed by atoms with Gasteiger partial charge in [0.2, 0.25) is 11.8 Å². The number of nitrogens with zero attached hydrogens (tertiary/aromatic N) is 1. The van der Waals surface area contributed by atoms with E-state index in [1.165, 1.54) is 0 Å². The van der Waals surface area contributed by atoms with Crippen molar-refractivity contribution in [2.45, 2.75) is 58.2 Å². The van der Waals surface area contributed by atoms with Crippen molar-refractivity contribution < 1.29 is 19.1 Å². The minimum absolute atomic E-state index is 0.0110. The van der Waals surface area contributed by atoms with E-state index in [-0.39, 0.29) is 17.9 Å². The minimum Gasteiger partial charge on any atom is -0.497 e. The zero-order valence-corrected chi connectivity index (χ0v) is 16.0. The van der Waals surface area contributed by atoms with Gasteiger partial charge in [-0.25, -0.2) is 0 Å². The highest BCUT2D eigenvalue weighted by molar-refractivity contribution is 5.87. The summed E-state index contributed by atoms with van der Waals surface area (Å²) < 4.78 is 10.7. The Morgan fingerprint density at radius 1 is 1.35 bits per heavy atom. The van der Waals surface area contributed by atoms with Gasteiger partial charge in [-0.1, -0.05) is 19.1 Å². The number of ether oxygens (including phenoxy) is 2. The molecule has 0 aromatic heterocycles. The molecule has 26 heavy (non-hydrogen) atoms.